The summed E-state index contributed by atoms with van der Waals surface area (Å²) in [5.74, 6) is 1.48. The van der Waals surface area contributed by atoms with E-state index in [4.69, 9.17) is 5.73 Å². The van der Waals surface area contributed by atoms with Gasteiger partial charge in [0.15, 0.2) is 5.96 Å². The fourth-order valence-corrected chi connectivity index (χ4v) is 2.81. The Morgan fingerprint density at radius 2 is 1.96 bits per heavy atom. The van der Waals surface area contributed by atoms with E-state index in [1.807, 2.05) is 37.3 Å². The quantitative estimate of drug-likeness (QED) is 0.673. The number of aryl methyl sites for hydroxylation is 1. The van der Waals surface area contributed by atoms with Crippen molar-refractivity contribution in [3.8, 4) is 0 Å². The van der Waals surface area contributed by atoms with Gasteiger partial charge in [0.05, 0.1) is 6.54 Å². The second-order valence-corrected chi connectivity index (χ2v) is 5.86. The predicted molar refractivity (Wildman–Crippen MR) is 95.8 cm³/mol. The van der Waals surface area contributed by atoms with Crippen molar-refractivity contribution in [2.75, 3.05) is 23.3 Å². The third kappa shape index (κ3) is 4.22. The molecule has 3 rings (SSSR count). The minimum absolute atomic E-state index is 0.424. The summed E-state index contributed by atoms with van der Waals surface area (Å²) < 4.78 is 0. The molecule has 5 heteroatoms. The molecule has 0 aliphatic carbocycles. The number of nitrogens with two attached hydrogens (primary N) is 1. The second-order valence-electron chi connectivity index (χ2n) is 5.86. The van der Waals surface area contributed by atoms with Gasteiger partial charge >= 0.3 is 0 Å². The van der Waals surface area contributed by atoms with Gasteiger partial charge in [0.1, 0.15) is 5.82 Å². The number of aliphatic imine (C=N–C) groups is 1. The monoisotopic (exact) mass is 309 g/mol. The van der Waals surface area contributed by atoms with Gasteiger partial charge in [-0.25, -0.2) is 9.98 Å². The molecular weight excluding hydrogens is 286 g/mol. The molecular formula is C18H23N5. The zero-order valence-corrected chi connectivity index (χ0v) is 13.5. The summed E-state index contributed by atoms with van der Waals surface area (Å²) in [7, 11) is 0. The molecule has 0 spiro atoms. The van der Waals surface area contributed by atoms with E-state index < -0.39 is 0 Å². The first-order valence-electron chi connectivity index (χ1n) is 8.05. The highest BCUT2D eigenvalue weighted by molar-refractivity contribution is 5.92. The van der Waals surface area contributed by atoms with E-state index in [0.717, 1.165) is 35.9 Å². The number of hydrogen-bond donors (Lipinski definition) is 2. The Kier molecular flexibility index (Phi) is 4.76. The summed E-state index contributed by atoms with van der Waals surface area (Å²) in [6.07, 6.45) is 2.49. The Morgan fingerprint density at radius 1 is 1.22 bits per heavy atom. The van der Waals surface area contributed by atoms with Gasteiger partial charge in [-0.05, 0) is 49.6 Å². The SMILES string of the molecule is Cc1cc(CN=C(N)Nc2ccccc2)cc(N2CCCC2)n1. The van der Waals surface area contributed by atoms with Gasteiger partial charge in [0.25, 0.3) is 0 Å². The molecule has 0 saturated carbocycles. The molecule has 1 saturated heterocycles. The molecule has 5 nitrogen and oxygen atoms in total. The van der Waals surface area contributed by atoms with Crippen LogP contribution in [0.1, 0.15) is 24.1 Å². The van der Waals surface area contributed by atoms with Crippen LogP contribution < -0.4 is 16.0 Å². The molecule has 23 heavy (non-hydrogen) atoms. The molecule has 0 unspecified atom stereocenters. The van der Waals surface area contributed by atoms with Crippen molar-refractivity contribution in [2.24, 2.45) is 10.7 Å². The fourth-order valence-electron chi connectivity index (χ4n) is 2.81. The molecule has 120 valence electrons. The number of hydrogen-bond acceptors (Lipinski definition) is 3. The maximum atomic E-state index is 5.96. The van der Waals surface area contributed by atoms with Crippen molar-refractivity contribution in [3.05, 3.63) is 53.7 Å². The summed E-state index contributed by atoms with van der Waals surface area (Å²) in [4.78, 5) is 11.4. The van der Waals surface area contributed by atoms with E-state index >= 15 is 0 Å². The lowest BCUT2D eigenvalue weighted by atomic mass is 10.2. The van der Waals surface area contributed by atoms with Gasteiger partial charge in [-0.2, -0.15) is 0 Å². The van der Waals surface area contributed by atoms with Gasteiger partial charge in [-0.15, -0.1) is 0 Å². The summed E-state index contributed by atoms with van der Waals surface area (Å²) in [5.41, 5.74) is 9.07. The van der Waals surface area contributed by atoms with Gasteiger partial charge in [0, 0.05) is 24.5 Å². The van der Waals surface area contributed by atoms with Crippen LogP contribution in [0.3, 0.4) is 0 Å². The van der Waals surface area contributed by atoms with Gasteiger partial charge in [0.2, 0.25) is 0 Å². The highest BCUT2D eigenvalue weighted by Crippen LogP contribution is 2.20. The number of para-hydroxylation sites is 1. The highest BCUT2D eigenvalue weighted by atomic mass is 15.2. The van der Waals surface area contributed by atoms with Crippen LogP contribution in [0.2, 0.25) is 0 Å². The number of rotatable bonds is 4. The average molecular weight is 309 g/mol. The number of anilines is 2. The van der Waals surface area contributed by atoms with Crippen molar-refractivity contribution in [3.63, 3.8) is 0 Å². The third-order valence-electron chi connectivity index (χ3n) is 3.91. The van der Waals surface area contributed by atoms with E-state index in [9.17, 15) is 0 Å². The molecule has 1 aliphatic heterocycles. The number of nitrogens with one attached hydrogen (secondary N) is 1. The Balaban J connectivity index is 1.68. The van der Waals surface area contributed by atoms with Gasteiger partial charge < -0.3 is 16.0 Å². The van der Waals surface area contributed by atoms with Crippen LogP contribution >= 0.6 is 0 Å². The minimum Gasteiger partial charge on any atom is -0.370 e. The van der Waals surface area contributed by atoms with Crippen molar-refractivity contribution in [2.45, 2.75) is 26.3 Å². The zero-order valence-electron chi connectivity index (χ0n) is 13.5. The summed E-state index contributed by atoms with van der Waals surface area (Å²) in [6.45, 7) is 4.77. The lowest BCUT2D eigenvalue weighted by molar-refractivity contribution is 0.918. The summed E-state index contributed by atoms with van der Waals surface area (Å²) >= 11 is 0. The van der Waals surface area contributed by atoms with Crippen molar-refractivity contribution < 1.29 is 0 Å². The van der Waals surface area contributed by atoms with Gasteiger partial charge in [-0.3, -0.25) is 0 Å². The molecule has 2 heterocycles. The Hall–Kier alpha value is -2.56. The summed E-state index contributed by atoms with van der Waals surface area (Å²) in [6, 6.07) is 14.0. The molecule has 1 aromatic carbocycles. The maximum absolute atomic E-state index is 5.96. The first kappa shape index (κ1) is 15.3. The Bertz CT molecular complexity index is 675. The molecule has 0 radical (unpaired) electrons. The lowest BCUT2D eigenvalue weighted by Gasteiger charge is -2.17. The van der Waals surface area contributed by atoms with Crippen LogP contribution in [0.25, 0.3) is 0 Å². The van der Waals surface area contributed by atoms with E-state index in [-0.39, 0.29) is 0 Å². The number of nitrogens with zero attached hydrogens (tertiary/aromatic N) is 3. The number of guanidine groups is 1. The number of benzene rings is 1. The van der Waals surface area contributed by atoms with E-state index in [1.165, 1.54) is 12.8 Å². The predicted octanol–water partition coefficient (Wildman–Crippen LogP) is 2.92. The fraction of sp³-hybridized carbons (Fsp3) is 0.333. The van der Waals surface area contributed by atoms with Crippen LogP contribution in [-0.4, -0.2) is 24.0 Å². The van der Waals surface area contributed by atoms with E-state index in [0.29, 0.717) is 12.5 Å². The van der Waals surface area contributed by atoms with Crippen LogP contribution in [-0.2, 0) is 6.54 Å². The van der Waals surface area contributed by atoms with Crippen molar-refractivity contribution in [1.29, 1.82) is 0 Å². The molecule has 1 fully saturated rings. The number of aromatic nitrogens is 1. The zero-order chi connectivity index (χ0) is 16.1. The van der Waals surface area contributed by atoms with Crippen LogP contribution in [0.15, 0.2) is 47.5 Å². The second kappa shape index (κ2) is 7.13. The van der Waals surface area contributed by atoms with Crippen molar-refractivity contribution in [1.82, 2.24) is 4.98 Å². The van der Waals surface area contributed by atoms with E-state index in [1.54, 1.807) is 0 Å². The Morgan fingerprint density at radius 3 is 2.70 bits per heavy atom. The molecule has 1 aromatic heterocycles. The van der Waals surface area contributed by atoms with Crippen LogP contribution in [0, 0.1) is 6.92 Å². The van der Waals surface area contributed by atoms with Crippen molar-refractivity contribution >= 4 is 17.5 Å². The smallest absolute Gasteiger partial charge is 0.193 e. The average Bonchev–Trinajstić information content (AvgIpc) is 3.08. The highest BCUT2D eigenvalue weighted by Gasteiger charge is 2.14. The largest absolute Gasteiger partial charge is 0.370 e. The minimum atomic E-state index is 0.424. The lowest BCUT2D eigenvalue weighted by Crippen LogP contribution is -2.22. The van der Waals surface area contributed by atoms with Crippen LogP contribution in [0.4, 0.5) is 11.5 Å². The normalized spacial score (nSPS) is 15.0. The standard InChI is InChI=1S/C18H23N5/c1-14-11-15(12-17(21-14)23-9-5-6-10-23)13-20-18(19)22-16-7-3-2-4-8-16/h2-4,7-8,11-12H,5-6,9-10,13H2,1H3,(H3,19,20,22). The topological polar surface area (TPSA) is 66.5 Å². The molecule has 0 amide bonds. The third-order valence-corrected chi connectivity index (χ3v) is 3.91. The molecule has 0 atom stereocenters. The number of pyridine rings is 1. The van der Waals surface area contributed by atoms with Gasteiger partial charge in [-0.1, -0.05) is 18.2 Å². The molecule has 2 aromatic rings. The first-order chi connectivity index (χ1) is 11.2. The molecule has 0 bridgehead atoms. The first-order valence-corrected chi connectivity index (χ1v) is 8.05. The van der Waals surface area contributed by atoms with Crippen LogP contribution in [0.5, 0.6) is 0 Å². The van der Waals surface area contributed by atoms with E-state index in [2.05, 4.69) is 32.3 Å². The molecule has 1 aliphatic rings. The maximum Gasteiger partial charge on any atom is 0.193 e. The summed E-state index contributed by atoms with van der Waals surface area (Å²) in [5, 5.41) is 3.10. The molecule has 3 N–H and O–H groups in total. The Labute approximate surface area is 137 Å².